The van der Waals surface area contributed by atoms with Gasteiger partial charge in [-0.05, 0) is 19.4 Å². The van der Waals surface area contributed by atoms with Gasteiger partial charge in [0, 0.05) is 5.92 Å². The van der Waals surface area contributed by atoms with Crippen molar-refractivity contribution in [2.75, 3.05) is 13.2 Å². The second-order valence-electron chi connectivity index (χ2n) is 4.99. The molecular formula is C17H24O3. The van der Waals surface area contributed by atoms with Crippen molar-refractivity contribution in [3.8, 4) is 0 Å². The minimum Gasteiger partial charge on any atom is -0.466 e. The lowest BCUT2D eigenvalue weighted by Crippen LogP contribution is -2.27. The van der Waals surface area contributed by atoms with Crippen molar-refractivity contribution in [2.45, 2.75) is 27.4 Å². The van der Waals surface area contributed by atoms with E-state index >= 15 is 0 Å². The Labute approximate surface area is 121 Å². The van der Waals surface area contributed by atoms with Crippen LogP contribution < -0.4 is 0 Å². The van der Waals surface area contributed by atoms with E-state index < -0.39 is 0 Å². The number of carbonyl (C=O) groups is 1. The van der Waals surface area contributed by atoms with Gasteiger partial charge in [-0.1, -0.05) is 49.4 Å². The molecule has 0 radical (unpaired) electrons. The highest BCUT2D eigenvalue weighted by molar-refractivity contribution is 5.72. The zero-order valence-electron chi connectivity index (χ0n) is 12.6. The highest BCUT2D eigenvalue weighted by atomic mass is 16.5. The number of hydrogen-bond acceptors (Lipinski definition) is 3. The standard InChI is InChI=1S/C17H24O3/c1-5-20-17(18)14(4)16(13(2)3)12-19-11-15-9-7-6-8-10-15/h6-10,14,16H,2,5,11-12H2,1,3-4H3/t14-,16+/m0/s1. The van der Waals surface area contributed by atoms with Gasteiger partial charge in [0.05, 0.1) is 25.7 Å². The summed E-state index contributed by atoms with van der Waals surface area (Å²) in [5.41, 5.74) is 2.07. The third kappa shape index (κ3) is 5.17. The molecule has 0 fully saturated rings. The molecule has 2 atom stereocenters. The van der Waals surface area contributed by atoms with Crippen LogP contribution in [0, 0.1) is 11.8 Å². The summed E-state index contributed by atoms with van der Waals surface area (Å²) >= 11 is 0. The molecule has 1 aromatic rings. The number of rotatable bonds is 8. The van der Waals surface area contributed by atoms with Crippen molar-refractivity contribution in [3.05, 3.63) is 48.0 Å². The Morgan fingerprint density at radius 2 is 1.95 bits per heavy atom. The molecule has 0 heterocycles. The van der Waals surface area contributed by atoms with Gasteiger partial charge in [0.25, 0.3) is 0 Å². The van der Waals surface area contributed by atoms with Crippen molar-refractivity contribution < 1.29 is 14.3 Å². The molecule has 20 heavy (non-hydrogen) atoms. The van der Waals surface area contributed by atoms with Crippen LogP contribution in [0.5, 0.6) is 0 Å². The molecule has 0 saturated carbocycles. The Balaban J connectivity index is 2.51. The second-order valence-corrected chi connectivity index (χ2v) is 4.99. The molecule has 0 amide bonds. The van der Waals surface area contributed by atoms with E-state index in [-0.39, 0.29) is 17.8 Å². The van der Waals surface area contributed by atoms with E-state index in [1.807, 2.05) is 51.1 Å². The summed E-state index contributed by atoms with van der Waals surface area (Å²) in [6.07, 6.45) is 0. The molecule has 0 aliphatic rings. The van der Waals surface area contributed by atoms with E-state index in [4.69, 9.17) is 9.47 Å². The van der Waals surface area contributed by atoms with Crippen LogP contribution in [0.2, 0.25) is 0 Å². The van der Waals surface area contributed by atoms with Crippen molar-refractivity contribution in [3.63, 3.8) is 0 Å². The topological polar surface area (TPSA) is 35.5 Å². The lowest BCUT2D eigenvalue weighted by atomic mass is 9.89. The van der Waals surface area contributed by atoms with Crippen LogP contribution in [0.3, 0.4) is 0 Å². The molecule has 0 saturated heterocycles. The third-order valence-electron chi connectivity index (χ3n) is 3.30. The SMILES string of the molecule is C=C(C)[C@@H](COCc1ccccc1)[C@H](C)C(=O)OCC. The van der Waals surface area contributed by atoms with Crippen LogP contribution in [-0.2, 0) is 20.9 Å². The molecule has 0 N–H and O–H groups in total. The Morgan fingerprint density at radius 1 is 1.30 bits per heavy atom. The lowest BCUT2D eigenvalue weighted by molar-refractivity contribution is -0.149. The van der Waals surface area contributed by atoms with Gasteiger partial charge in [0.1, 0.15) is 0 Å². The van der Waals surface area contributed by atoms with Crippen LogP contribution >= 0.6 is 0 Å². The smallest absolute Gasteiger partial charge is 0.309 e. The average Bonchev–Trinajstić information content (AvgIpc) is 2.44. The van der Waals surface area contributed by atoms with Crippen LogP contribution in [0.4, 0.5) is 0 Å². The molecule has 1 rings (SSSR count). The van der Waals surface area contributed by atoms with Gasteiger partial charge in [-0.25, -0.2) is 0 Å². The maximum atomic E-state index is 11.8. The first-order valence-electron chi connectivity index (χ1n) is 7.00. The van der Waals surface area contributed by atoms with Gasteiger partial charge in [0.15, 0.2) is 0 Å². The first kappa shape index (κ1) is 16.4. The highest BCUT2D eigenvalue weighted by Gasteiger charge is 2.25. The van der Waals surface area contributed by atoms with Crippen LogP contribution in [0.15, 0.2) is 42.5 Å². The average molecular weight is 276 g/mol. The van der Waals surface area contributed by atoms with Crippen molar-refractivity contribution in [1.82, 2.24) is 0 Å². The molecule has 0 spiro atoms. The maximum Gasteiger partial charge on any atom is 0.309 e. The summed E-state index contributed by atoms with van der Waals surface area (Å²) in [5.74, 6) is -0.440. The van der Waals surface area contributed by atoms with Crippen LogP contribution in [0.25, 0.3) is 0 Å². The van der Waals surface area contributed by atoms with Crippen molar-refractivity contribution in [2.24, 2.45) is 11.8 Å². The molecular weight excluding hydrogens is 252 g/mol. The Hall–Kier alpha value is -1.61. The van der Waals surface area contributed by atoms with Crippen molar-refractivity contribution >= 4 is 5.97 Å². The molecule has 0 aliphatic carbocycles. The number of esters is 1. The van der Waals surface area contributed by atoms with Gasteiger partial charge in [0.2, 0.25) is 0 Å². The molecule has 0 aromatic heterocycles. The maximum absolute atomic E-state index is 11.8. The summed E-state index contributed by atoms with van der Waals surface area (Å²) in [6, 6.07) is 9.98. The predicted molar refractivity (Wildman–Crippen MR) is 80.2 cm³/mol. The fraction of sp³-hybridized carbons (Fsp3) is 0.471. The minimum absolute atomic E-state index is 0.0160. The molecule has 0 aliphatic heterocycles. The Kier molecular flexibility index (Phi) is 7.02. The summed E-state index contributed by atoms with van der Waals surface area (Å²) < 4.78 is 10.8. The van der Waals surface area contributed by atoms with Gasteiger partial charge >= 0.3 is 5.97 Å². The molecule has 3 nitrogen and oxygen atoms in total. The van der Waals surface area contributed by atoms with Crippen LogP contribution in [-0.4, -0.2) is 19.2 Å². The van der Waals surface area contributed by atoms with E-state index in [2.05, 4.69) is 6.58 Å². The zero-order valence-corrected chi connectivity index (χ0v) is 12.6. The molecule has 0 bridgehead atoms. The summed E-state index contributed by atoms with van der Waals surface area (Å²) in [5, 5.41) is 0. The van der Waals surface area contributed by atoms with Crippen LogP contribution in [0.1, 0.15) is 26.3 Å². The van der Waals surface area contributed by atoms with E-state index in [1.165, 1.54) is 0 Å². The Bertz CT molecular complexity index is 425. The number of benzene rings is 1. The van der Waals surface area contributed by atoms with Gasteiger partial charge in [-0.2, -0.15) is 0 Å². The summed E-state index contributed by atoms with van der Waals surface area (Å²) in [6.45, 7) is 11.0. The van der Waals surface area contributed by atoms with E-state index in [1.54, 1.807) is 0 Å². The first-order valence-corrected chi connectivity index (χ1v) is 7.00. The van der Waals surface area contributed by atoms with E-state index in [0.717, 1.165) is 11.1 Å². The fourth-order valence-corrected chi connectivity index (χ4v) is 2.03. The Morgan fingerprint density at radius 3 is 2.50 bits per heavy atom. The van der Waals surface area contributed by atoms with Gasteiger partial charge in [-0.3, -0.25) is 4.79 Å². The number of hydrogen-bond donors (Lipinski definition) is 0. The van der Waals surface area contributed by atoms with E-state index in [9.17, 15) is 4.79 Å². The number of ether oxygens (including phenoxy) is 2. The minimum atomic E-state index is -0.233. The molecule has 3 heteroatoms. The van der Waals surface area contributed by atoms with Gasteiger partial charge in [-0.15, -0.1) is 0 Å². The molecule has 0 unspecified atom stereocenters. The highest BCUT2D eigenvalue weighted by Crippen LogP contribution is 2.21. The second kappa shape index (κ2) is 8.54. The first-order chi connectivity index (χ1) is 9.56. The fourth-order valence-electron chi connectivity index (χ4n) is 2.03. The molecule has 1 aromatic carbocycles. The van der Waals surface area contributed by atoms with Gasteiger partial charge < -0.3 is 9.47 Å². The number of carbonyl (C=O) groups excluding carboxylic acids is 1. The third-order valence-corrected chi connectivity index (χ3v) is 3.30. The lowest BCUT2D eigenvalue weighted by Gasteiger charge is -2.22. The van der Waals surface area contributed by atoms with E-state index in [0.29, 0.717) is 19.8 Å². The predicted octanol–water partition coefficient (Wildman–Crippen LogP) is 3.59. The summed E-state index contributed by atoms with van der Waals surface area (Å²) in [4.78, 5) is 11.8. The summed E-state index contributed by atoms with van der Waals surface area (Å²) in [7, 11) is 0. The molecule has 110 valence electrons. The zero-order chi connectivity index (χ0) is 15.0. The normalized spacial score (nSPS) is 13.6. The monoisotopic (exact) mass is 276 g/mol. The van der Waals surface area contributed by atoms with Crippen molar-refractivity contribution in [1.29, 1.82) is 0 Å². The largest absolute Gasteiger partial charge is 0.466 e. The quantitative estimate of drug-likeness (QED) is 0.537.